The first-order chi connectivity index (χ1) is 7.70. The fourth-order valence-electron chi connectivity index (χ4n) is 1.11. The van der Waals surface area contributed by atoms with E-state index in [2.05, 4.69) is 13.8 Å². The van der Waals surface area contributed by atoms with Gasteiger partial charge in [0.05, 0.1) is 13.2 Å². The fraction of sp³-hybridized carbons (Fsp3) is 1.00. The van der Waals surface area contributed by atoms with Crippen LogP contribution in [0.15, 0.2) is 0 Å². The van der Waals surface area contributed by atoms with Crippen LogP contribution in [-0.2, 0) is 9.47 Å². The Morgan fingerprint density at radius 2 is 1.19 bits per heavy atom. The first kappa shape index (κ1) is 15.8. The molecule has 4 nitrogen and oxygen atoms in total. The Bertz CT molecular complexity index is 129. The Kier molecular flexibility index (Phi) is 11.2. The lowest BCUT2D eigenvalue weighted by molar-refractivity contribution is 0.0907. The molecule has 0 aliphatic carbocycles. The van der Waals surface area contributed by atoms with Gasteiger partial charge in [-0.25, -0.2) is 0 Å². The average Bonchev–Trinajstić information content (AvgIpc) is 2.31. The van der Waals surface area contributed by atoms with E-state index in [0.29, 0.717) is 13.2 Å². The SMILES string of the molecule is CCC(N)COCCCCOCC(N)CC. The van der Waals surface area contributed by atoms with Crippen molar-refractivity contribution < 1.29 is 9.47 Å². The minimum Gasteiger partial charge on any atom is -0.380 e. The third-order valence-corrected chi connectivity index (χ3v) is 2.54. The lowest BCUT2D eigenvalue weighted by atomic mass is 10.2. The Labute approximate surface area is 99.7 Å². The second-order valence-electron chi connectivity index (χ2n) is 4.19. The third-order valence-electron chi connectivity index (χ3n) is 2.54. The molecule has 0 aromatic rings. The first-order valence-electron chi connectivity index (χ1n) is 6.37. The van der Waals surface area contributed by atoms with Crippen LogP contribution in [0.2, 0.25) is 0 Å². The van der Waals surface area contributed by atoms with Crippen molar-refractivity contribution in [2.24, 2.45) is 11.5 Å². The molecule has 0 aromatic carbocycles. The zero-order valence-electron chi connectivity index (χ0n) is 10.8. The van der Waals surface area contributed by atoms with Crippen LogP contribution in [0.1, 0.15) is 39.5 Å². The summed E-state index contributed by atoms with van der Waals surface area (Å²) in [4.78, 5) is 0. The van der Waals surface area contributed by atoms with E-state index >= 15 is 0 Å². The molecule has 0 heterocycles. The molecule has 0 aromatic heterocycles. The average molecular weight is 232 g/mol. The van der Waals surface area contributed by atoms with E-state index in [1.807, 2.05) is 0 Å². The van der Waals surface area contributed by atoms with E-state index in [1.165, 1.54) is 0 Å². The molecule has 0 spiro atoms. The van der Waals surface area contributed by atoms with E-state index in [0.717, 1.165) is 38.9 Å². The molecule has 0 aliphatic heterocycles. The van der Waals surface area contributed by atoms with Crippen LogP contribution < -0.4 is 11.5 Å². The van der Waals surface area contributed by atoms with Crippen molar-refractivity contribution in [3.8, 4) is 0 Å². The van der Waals surface area contributed by atoms with Gasteiger partial charge >= 0.3 is 0 Å². The number of hydrogen-bond donors (Lipinski definition) is 2. The van der Waals surface area contributed by atoms with E-state index in [4.69, 9.17) is 20.9 Å². The van der Waals surface area contributed by atoms with Crippen LogP contribution >= 0.6 is 0 Å². The lowest BCUT2D eigenvalue weighted by Crippen LogP contribution is -2.25. The third kappa shape index (κ3) is 10.4. The normalized spacial score (nSPS) is 15.0. The van der Waals surface area contributed by atoms with Crippen molar-refractivity contribution in [2.45, 2.75) is 51.6 Å². The van der Waals surface area contributed by atoms with Gasteiger partial charge in [-0.05, 0) is 25.7 Å². The first-order valence-corrected chi connectivity index (χ1v) is 6.37. The van der Waals surface area contributed by atoms with Crippen LogP contribution in [0.3, 0.4) is 0 Å². The van der Waals surface area contributed by atoms with Gasteiger partial charge in [0.25, 0.3) is 0 Å². The molecular formula is C12H28N2O2. The Balaban J connectivity index is 3.04. The quantitative estimate of drug-likeness (QED) is 0.526. The van der Waals surface area contributed by atoms with Gasteiger partial charge in [-0.15, -0.1) is 0 Å². The number of ether oxygens (including phenoxy) is 2. The molecule has 0 saturated heterocycles. The minimum atomic E-state index is 0.179. The summed E-state index contributed by atoms with van der Waals surface area (Å²) >= 11 is 0. The summed E-state index contributed by atoms with van der Waals surface area (Å²) in [5.74, 6) is 0. The van der Waals surface area contributed by atoms with Gasteiger partial charge in [0, 0.05) is 25.3 Å². The molecule has 4 heteroatoms. The monoisotopic (exact) mass is 232 g/mol. The summed E-state index contributed by atoms with van der Waals surface area (Å²) in [6, 6.07) is 0.359. The molecule has 0 radical (unpaired) electrons. The molecule has 16 heavy (non-hydrogen) atoms. The van der Waals surface area contributed by atoms with Gasteiger partial charge in [0.2, 0.25) is 0 Å². The highest BCUT2D eigenvalue weighted by molar-refractivity contribution is 4.56. The van der Waals surface area contributed by atoms with Crippen molar-refractivity contribution >= 4 is 0 Å². The lowest BCUT2D eigenvalue weighted by Gasteiger charge is -2.10. The summed E-state index contributed by atoms with van der Waals surface area (Å²) in [6.45, 7) is 7.02. The number of hydrogen-bond acceptors (Lipinski definition) is 4. The highest BCUT2D eigenvalue weighted by Crippen LogP contribution is 1.95. The summed E-state index contributed by atoms with van der Waals surface area (Å²) in [5.41, 5.74) is 11.4. The van der Waals surface area contributed by atoms with Gasteiger partial charge in [0.1, 0.15) is 0 Å². The molecule has 0 amide bonds. The van der Waals surface area contributed by atoms with E-state index in [1.54, 1.807) is 0 Å². The van der Waals surface area contributed by atoms with Gasteiger partial charge < -0.3 is 20.9 Å². The predicted molar refractivity (Wildman–Crippen MR) is 67.4 cm³/mol. The molecule has 4 N–H and O–H groups in total. The molecule has 2 unspecified atom stereocenters. The maximum absolute atomic E-state index is 5.72. The summed E-state index contributed by atoms with van der Waals surface area (Å²) < 4.78 is 10.9. The second-order valence-corrected chi connectivity index (χ2v) is 4.19. The molecule has 0 saturated carbocycles. The molecule has 98 valence electrons. The van der Waals surface area contributed by atoms with Crippen molar-refractivity contribution in [3.05, 3.63) is 0 Å². The predicted octanol–water partition coefficient (Wildman–Crippen LogP) is 1.27. The maximum atomic E-state index is 5.72. The molecule has 2 atom stereocenters. The van der Waals surface area contributed by atoms with Crippen molar-refractivity contribution in [1.82, 2.24) is 0 Å². The molecule has 0 rings (SSSR count). The number of rotatable bonds is 11. The largest absolute Gasteiger partial charge is 0.380 e. The fourth-order valence-corrected chi connectivity index (χ4v) is 1.11. The Morgan fingerprint density at radius 1 is 0.812 bits per heavy atom. The maximum Gasteiger partial charge on any atom is 0.0617 e. The van der Waals surface area contributed by atoms with E-state index in [9.17, 15) is 0 Å². The Hall–Kier alpha value is -0.160. The topological polar surface area (TPSA) is 70.5 Å². The van der Waals surface area contributed by atoms with E-state index < -0.39 is 0 Å². The van der Waals surface area contributed by atoms with Crippen LogP contribution in [0.5, 0.6) is 0 Å². The van der Waals surface area contributed by atoms with Crippen molar-refractivity contribution in [1.29, 1.82) is 0 Å². The van der Waals surface area contributed by atoms with Crippen LogP contribution in [0, 0.1) is 0 Å². The molecule has 0 fully saturated rings. The minimum absolute atomic E-state index is 0.179. The van der Waals surface area contributed by atoms with Crippen molar-refractivity contribution in [2.75, 3.05) is 26.4 Å². The zero-order valence-corrected chi connectivity index (χ0v) is 10.8. The Morgan fingerprint density at radius 3 is 1.50 bits per heavy atom. The smallest absolute Gasteiger partial charge is 0.0617 e. The van der Waals surface area contributed by atoms with Gasteiger partial charge in [0.15, 0.2) is 0 Å². The summed E-state index contributed by atoms with van der Waals surface area (Å²) in [7, 11) is 0. The van der Waals surface area contributed by atoms with Gasteiger partial charge in [-0.1, -0.05) is 13.8 Å². The number of nitrogens with two attached hydrogens (primary N) is 2. The summed E-state index contributed by atoms with van der Waals surface area (Å²) in [6.07, 6.45) is 3.99. The van der Waals surface area contributed by atoms with Crippen LogP contribution in [0.4, 0.5) is 0 Å². The standard InChI is InChI=1S/C12H28N2O2/c1-3-11(13)9-15-7-5-6-8-16-10-12(14)4-2/h11-12H,3-10,13-14H2,1-2H3. The van der Waals surface area contributed by atoms with Gasteiger partial charge in [-0.3, -0.25) is 0 Å². The summed E-state index contributed by atoms with van der Waals surface area (Å²) in [5, 5.41) is 0. The van der Waals surface area contributed by atoms with Crippen LogP contribution in [-0.4, -0.2) is 38.5 Å². The van der Waals surface area contributed by atoms with Crippen molar-refractivity contribution in [3.63, 3.8) is 0 Å². The molecule has 0 bridgehead atoms. The van der Waals surface area contributed by atoms with Gasteiger partial charge in [-0.2, -0.15) is 0 Å². The molecular weight excluding hydrogens is 204 g/mol. The highest BCUT2D eigenvalue weighted by Gasteiger charge is 1.99. The van der Waals surface area contributed by atoms with E-state index in [-0.39, 0.29) is 12.1 Å². The van der Waals surface area contributed by atoms with Crippen LogP contribution in [0.25, 0.3) is 0 Å². The second kappa shape index (κ2) is 11.3. The highest BCUT2D eigenvalue weighted by atomic mass is 16.5. The zero-order chi connectivity index (χ0) is 12.2. The molecule has 0 aliphatic rings. The number of unbranched alkanes of at least 4 members (excludes halogenated alkanes) is 1.